The van der Waals surface area contributed by atoms with Crippen LogP contribution in [-0.4, -0.2) is 5.11 Å². The van der Waals surface area contributed by atoms with E-state index >= 15 is 0 Å². The molecule has 0 saturated carbocycles. The van der Waals surface area contributed by atoms with Gasteiger partial charge in [0.25, 0.3) is 6.43 Å². The summed E-state index contributed by atoms with van der Waals surface area (Å²) in [4.78, 5) is 0. The number of alkyl halides is 2. The molecule has 0 aliphatic carbocycles. The molecule has 12 heavy (non-hydrogen) atoms. The minimum Gasteiger partial charge on any atom is -0.507 e. The second-order valence-corrected chi connectivity index (χ2v) is 2.89. The number of aromatic hydroxyl groups is 1. The number of phenols is 1. The molecule has 0 aromatic heterocycles. The van der Waals surface area contributed by atoms with E-state index in [9.17, 15) is 13.2 Å². The lowest BCUT2D eigenvalue weighted by molar-refractivity contribution is 0.145. The molecule has 1 aromatic carbocycles. The highest BCUT2D eigenvalue weighted by Crippen LogP contribution is 2.35. The first-order chi connectivity index (χ1) is 5.54. The molecule has 1 N–H and O–H groups in total. The molecule has 0 unspecified atom stereocenters. The van der Waals surface area contributed by atoms with Crippen molar-refractivity contribution >= 4 is 15.9 Å². The second kappa shape index (κ2) is 3.35. The Hall–Kier alpha value is -0.710. The van der Waals surface area contributed by atoms with Crippen LogP contribution >= 0.6 is 15.9 Å². The van der Waals surface area contributed by atoms with Crippen molar-refractivity contribution in [1.82, 2.24) is 0 Å². The van der Waals surface area contributed by atoms with E-state index < -0.39 is 23.6 Å². The Morgan fingerprint density at radius 3 is 2.33 bits per heavy atom. The Labute approximate surface area is 75.0 Å². The summed E-state index contributed by atoms with van der Waals surface area (Å²) >= 11 is 2.66. The van der Waals surface area contributed by atoms with Crippen LogP contribution < -0.4 is 0 Å². The van der Waals surface area contributed by atoms with Crippen LogP contribution in [0.25, 0.3) is 0 Å². The minimum atomic E-state index is -2.94. The standard InChI is InChI=1S/C7H4BrF3O/c8-6-4(12)2-1-3(9)5(6)7(10)11/h1-2,7,12H. The van der Waals surface area contributed by atoms with Crippen LogP contribution in [0, 0.1) is 5.82 Å². The van der Waals surface area contributed by atoms with E-state index in [1.807, 2.05) is 0 Å². The fourth-order valence-electron chi connectivity index (χ4n) is 0.758. The predicted molar refractivity (Wildman–Crippen MR) is 40.7 cm³/mol. The van der Waals surface area contributed by atoms with Crippen LogP contribution in [0.5, 0.6) is 5.75 Å². The number of hydrogen-bond donors (Lipinski definition) is 1. The molecule has 1 aromatic rings. The number of halogens is 4. The first-order valence-electron chi connectivity index (χ1n) is 2.99. The third kappa shape index (κ3) is 1.55. The third-order valence-corrected chi connectivity index (χ3v) is 2.16. The highest BCUT2D eigenvalue weighted by molar-refractivity contribution is 9.10. The van der Waals surface area contributed by atoms with Gasteiger partial charge in [0.05, 0.1) is 10.0 Å². The average Bonchev–Trinajstić information content (AvgIpc) is 1.97. The van der Waals surface area contributed by atoms with E-state index in [-0.39, 0.29) is 4.47 Å². The topological polar surface area (TPSA) is 20.2 Å². The summed E-state index contributed by atoms with van der Waals surface area (Å²) in [6.07, 6.45) is -2.94. The van der Waals surface area contributed by atoms with Gasteiger partial charge in [0.15, 0.2) is 0 Å². The first kappa shape index (κ1) is 9.38. The molecule has 0 saturated heterocycles. The van der Waals surface area contributed by atoms with Crippen molar-refractivity contribution in [3.63, 3.8) is 0 Å². The van der Waals surface area contributed by atoms with Gasteiger partial charge in [-0.3, -0.25) is 0 Å². The molecular formula is C7H4BrF3O. The van der Waals surface area contributed by atoms with Crippen LogP contribution in [0.3, 0.4) is 0 Å². The van der Waals surface area contributed by atoms with Crippen LogP contribution in [0.15, 0.2) is 16.6 Å². The molecule has 0 amide bonds. The Morgan fingerprint density at radius 1 is 1.33 bits per heavy atom. The maximum atomic E-state index is 12.7. The zero-order valence-corrected chi connectivity index (χ0v) is 7.28. The summed E-state index contributed by atoms with van der Waals surface area (Å²) in [7, 11) is 0. The second-order valence-electron chi connectivity index (χ2n) is 2.09. The van der Waals surface area contributed by atoms with E-state index in [2.05, 4.69) is 15.9 Å². The fraction of sp³-hybridized carbons (Fsp3) is 0.143. The first-order valence-corrected chi connectivity index (χ1v) is 3.78. The predicted octanol–water partition coefficient (Wildman–Crippen LogP) is 3.23. The van der Waals surface area contributed by atoms with Gasteiger partial charge in [0.2, 0.25) is 0 Å². The van der Waals surface area contributed by atoms with Gasteiger partial charge in [-0.1, -0.05) is 0 Å². The third-order valence-electron chi connectivity index (χ3n) is 1.32. The van der Waals surface area contributed by atoms with Crippen LogP contribution in [0.1, 0.15) is 12.0 Å². The van der Waals surface area contributed by atoms with Gasteiger partial charge in [-0.2, -0.15) is 0 Å². The molecule has 0 aliphatic heterocycles. The molecule has 0 radical (unpaired) electrons. The summed E-state index contributed by atoms with van der Waals surface area (Å²) in [5.41, 5.74) is -0.810. The quantitative estimate of drug-likeness (QED) is 0.800. The van der Waals surface area contributed by atoms with Gasteiger partial charge in [-0.15, -0.1) is 0 Å². The van der Waals surface area contributed by atoms with Gasteiger partial charge in [-0.05, 0) is 28.1 Å². The number of benzene rings is 1. The monoisotopic (exact) mass is 240 g/mol. The minimum absolute atomic E-state index is 0.294. The van der Waals surface area contributed by atoms with Crippen LogP contribution in [0.4, 0.5) is 13.2 Å². The van der Waals surface area contributed by atoms with Gasteiger partial charge < -0.3 is 5.11 Å². The lowest BCUT2D eigenvalue weighted by Crippen LogP contribution is -1.92. The highest BCUT2D eigenvalue weighted by Gasteiger charge is 2.19. The number of phenolic OH excluding ortho intramolecular Hbond substituents is 1. The van der Waals surface area contributed by atoms with Gasteiger partial charge in [0, 0.05) is 0 Å². The Bertz CT molecular complexity index is 301. The lowest BCUT2D eigenvalue weighted by atomic mass is 10.2. The summed E-state index contributed by atoms with van der Waals surface area (Å²) in [6, 6.07) is 1.80. The molecule has 0 atom stereocenters. The van der Waals surface area contributed by atoms with E-state index in [0.29, 0.717) is 0 Å². The highest BCUT2D eigenvalue weighted by atomic mass is 79.9. The Kier molecular flexibility index (Phi) is 2.62. The van der Waals surface area contributed by atoms with Crippen molar-refractivity contribution in [1.29, 1.82) is 0 Å². The number of hydrogen-bond acceptors (Lipinski definition) is 1. The molecule has 0 spiro atoms. The van der Waals surface area contributed by atoms with E-state index in [4.69, 9.17) is 5.11 Å². The van der Waals surface area contributed by atoms with Crippen molar-refractivity contribution in [2.45, 2.75) is 6.43 Å². The van der Waals surface area contributed by atoms with Crippen molar-refractivity contribution in [3.05, 3.63) is 28.0 Å². The lowest BCUT2D eigenvalue weighted by Gasteiger charge is -2.05. The summed E-state index contributed by atoms with van der Waals surface area (Å²) < 4.78 is 36.5. The SMILES string of the molecule is Oc1ccc(F)c(C(F)F)c1Br. The molecule has 1 nitrogen and oxygen atoms in total. The van der Waals surface area contributed by atoms with Crippen molar-refractivity contribution in [2.75, 3.05) is 0 Å². The molecule has 1 rings (SSSR count). The maximum Gasteiger partial charge on any atom is 0.267 e. The molecule has 5 heteroatoms. The molecule has 0 aliphatic rings. The average molecular weight is 241 g/mol. The van der Waals surface area contributed by atoms with Gasteiger partial charge in [-0.25, -0.2) is 13.2 Å². The van der Waals surface area contributed by atoms with Crippen LogP contribution in [-0.2, 0) is 0 Å². The fourth-order valence-corrected chi connectivity index (χ4v) is 1.25. The summed E-state index contributed by atoms with van der Waals surface area (Å²) in [5, 5.41) is 8.93. The Morgan fingerprint density at radius 2 is 1.92 bits per heavy atom. The molecule has 0 heterocycles. The summed E-state index contributed by atoms with van der Waals surface area (Å²) in [5.74, 6) is -1.43. The molecule has 0 bridgehead atoms. The largest absolute Gasteiger partial charge is 0.507 e. The zero-order chi connectivity index (χ0) is 9.30. The molecular weight excluding hydrogens is 237 g/mol. The van der Waals surface area contributed by atoms with Gasteiger partial charge in [0.1, 0.15) is 11.6 Å². The molecule has 66 valence electrons. The smallest absolute Gasteiger partial charge is 0.267 e. The normalized spacial score (nSPS) is 10.8. The van der Waals surface area contributed by atoms with E-state index in [1.165, 1.54) is 0 Å². The van der Waals surface area contributed by atoms with Crippen LogP contribution in [0.2, 0.25) is 0 Å². The maximum absolute atomic E-state index is 12.7. The van der Waals surface area contributed by atoms with Crippen molar-refractivity contribution < 1.29 is 18.3 Å². The number of rotatable bonds is 1. The zero-order valence-electron chi connectivity index (χ0n) is 5.69. The van der Waals surface area contributed by atoms with E-state index in [0.717, 1.165) is 12.1 Å². The van der Waals surface area contributed by atoms with Gasteiger partial charge >= 0.3 is 0 Å². The van der Waals surface area contributed by atoms with E-state index in [1.54, 1.807) is 0 Å². The van der Waals surface area contributed by atoms with Crippen molar-refractivity contribution in [2.24, 2.45) is 0 Å². The molecule has 0 fully saturated rings. The Balaban J connectivity index is 3.33. The van der Waals surface area contributed by atoms with Crippen molar-refractivity contribution in [3.8, 4) is 5.75 Å². The summed E-state index contributed by atoms with van der Waals surface area (Å²) in [6.45, 7) is 0.